The van der Waals surface area contributed by atoms with Crippen LogP contribution in [-0.2, 0) is 11.2 Å². The lowest BCUT2D eigenvalue weighted by Crippen LogP contribution is -2.64. The molecule has 1 aromatic heterocycles. The van der Waals surface area contributed by atoms with Crippen LogP contribution in [0.15, 0.2) is 42.5 Å². The van der Waals surface area contributed by atoms with Gasteiger partial charge in [-0.15, -0.1) is 0 Å². The van der Waals surface area contributed by atoms with Gasteiger partial charge in [-0.2, -0.15) is 5.26 Å². The number of nitriles is 1. The van der Waals surface area contributed by atoms with E-state index < -0.39 is 5.41 Å². The quantitative estimate of drug-likeness (QED) is 0.933. The van der Waals surface area contributed by atoms with E-state index in [1.54, 1.807) is 24.3 Å². The van der Waals surface area contributed by atoms with Crippen LogP contribution in [-0.4, -0.2) is 24.0 Å². The van der Waals surface area contributed by atoms with Crippen LogP contribution in [0, 0.1) is 16.7 Å². The smallest absolute Gasteiger partial charge is 0.227 e. The Morgan fingerprint density at radius 3 is 2.61 bits per heavy atom. The number of halogens is 1. The van der Waals surface area contributed by atoms with Crippen molar-refractivity contribution in [2.24, 2.45) is 11.1 Å². The van der Waals surface area contributed by atoms with Gasteiger partial charge in [0.15, 0.2) is 0 Å². The first-order valence-electron chi connectivity index (χ1n) is 7.19. The van der Waals surface area contributed by atoms with E-state index in [9.17, 15) is 4.79 Å². The molecule has 2 aromatic rings. The Kier molecular flexibility index (Phi) is 3.93. The lowest BCUT2D eigenvalue weighted by molar-refractivity contribution is -0.129. The third kappa shape index (κ3) is 2.99. The van der Waals surface area contributed by atoms with Gasteiger partial charge in [-0.25, -0.2) is 4.98 Å². The first kappa shape index (κ1) is 15.3. The minimum atomic E-state index is -0.613. The molecule has 0 radical (unpaired) electrons. The van der Waals surface area contributed by atoms with Crippen molar-refractivity contribution < 1.29 is 4.79 Å². The Bertz CT molecular complexity index is 776. The predicted octanol–water partition coefficient (Wildman–Crippen LogP) is 2.14. The molecule has 116 valence electrons. The van der Waals surface area contributed by atoms with Gasteiger partial charge in [0.2, 0.25) is 5.91 Å². The number of benzene rings is 1. The molecule has 1 aliphatic heterocycles. The maximum atomic E-state index is 12.0. The molecule has 0 aliphatic carbocycles. The van der Waals surface area contributed by atoms with Gasteiger partial charge in [0.1, 0.15) is 17.6 Å². The molecule has 1 aliphatic rings. The van der Waals surface area contributed by atoms with Crippen molar-refractivity contribution in [2.45, 2.75) is 6.42 Å². The number of anilines is 1. The van der Waals surface area contributed by atoms with Crippen LogP contribution in [0.25, 0.3) is 0 Å². The molecule has 23 heavy (non-hydrogen) atoms. The second-order valence-electron chi connectivity index (χ2n) is 5.80. The highest BCUT2D eigenvalue weighted by Crippen LogP contribution is 2.36. The van der Waals surface area contributed by atoms with Gasteiger partial charge in [0, 0.05) is 18.1 Å². The van der Waals surface area contributed by atoms with Crippen LogP contribution in [0.1, 0.15) is 11.3 Å². The van der Waals surface area contributed by atoms with Gasteiger partial charge >= 0.3 is 0 Å². The zero-order chi connectivity index (χ0) is 16.4. The number of rotatable bonds is 4. The van der Waals surface area contributed by atoms with Crippen molar-refractivity contribution in [3.8, 4) is 6.07 Å². The van der Waals surface area contributed by atoms with Crippen molar-refractivity contribution in [3.05, 3.63) is 58.7 Å². The van der Waals surface area contributed by atoms with Gasteiger partial charge in [0.05, 0.1) is 5.41 Å². The molecule has 3 rings (SSSR count). The maximum Gasteiger partial charge on any atom is 0.227 e. The van der Waals surface area contributed by atoms with Crippen LogP contribution in [0.5, 0.6) is 0 Å². The zero-order valence-corrected chi connectivity index (χ0v) is 13.1. The Morgan fingerprint density at radius 1 is 1.30 bits per heavy atom. The van der Waals surface area contributed by atoms with Gasteiger partial charge in [-0.1, -0.05) is 29.8 Å². The minimum Gasteiger partial charge on any atom is -0.369 e. The molecule has 5 nitrogen and oxygen atoms in total. The third-order valence-corrected chi connectivity index (χ3v) is 4.39. The molecule has 1 fully saturated rings. The molecule has 0 unspecified atom stereocenters. The number of hydrogen-bond donors (Lipinski definition) is 1. The first-order valence-corrected chi connectivity index (χ1v) is 7.57. The van der Waals surface area contributed by atoms with Crippen LogP contribution < -0.4 is 10.6 Å². The standard InChI is InChI=1S/C17H15ClN4O/c18-13-6-4-12(5-7-13)8-17(16(20)23)10-22(11-17)15-3-1-2-14(9-19)21-15/h1-7H,8,10-11H2,(H2,20,23). The fourth-order valence-corrected chi connectivity index (χ4v) is 2.98. The summed E-state index contributed by atoms with van der Waals surface area (Å²) in [5.74, 6) is 0.372. The lowest BCUT2D eigenvalue weighted by Gasteiger charge is -2.48. The van der Waals surface area contributed by atoms with Crippen molar-refractivity contribution in [1.29, 1.82) is 5.26 Å². The number of amides is 1. The number of aromatic nitrogens is 1. The van der Waals surface area contributed by atoms with Crippen LogP contribution in [0.3, 0.4) is 0 Å². The fraction of sp³-hybridized carbons (Fsp3) is 0.235. The number of nitrogens with zero attached hydrogens (tertiary/aromatic N) is 3. The molecular formula is C17H15ClN4O. The van der Waals surface area contributed by atoms with Crippen molar-refractivity contribution >= 4 is 23.3 Å². The molecule has 1 aromatic carbocycles. The average Bonchev–Trinajstić information content (AvgIpc) is 2.52. The highest BCUT2D eigenvalue weighted by Gasteiger charge is 2.48. The average molecular weight is 327 g/mol. The molecule has 1 saturated heterocycles. The maximum absolute atomic E-state index is 12.0. The number of primary amides is 1. The Labute approximate surface area is 139 Å². The second kappa shape index (κ2) is 5.90. The molecule has 2 N–H and O–H groups in total. The SMILES string of the molecule is N#Cc1cccc(N2CC(Cc3ccc(Cl)cc3)(C(N)=O)C2)n1. The van der Waals surface area contributed by atoms with Gasteiger partial charge in [0.25, 0.3) is 0 Å². The van der Waals surface area contributed by atoms with E-state index in [1.165, 1.54) is 0 Å². The Hall–Kier alpha value is -2.58. The Morgan fingerprint density at radius 2 is 2.00 bits per heavy atom. The predicted molar refractivity (Wildman–Crippen MR) is 87.9 cm³/mol. The van der Waals surface area contributed by atoms with E-state index in [0.29, 0.717) is 36.0 Å². The highest BCUT2D eigenvalue weighted by atomic mass is 35.5. The van der Waals surface area contributed by atoms with Crippen LogP contribution >= 0.6 is 11.6 Å². The largest absolute Gasteiger partial charge is 0.369 e. The molecule has 0 bridgehead atoms. The minimum absolute atomic E-state index is 0.319. The fourth-order valence-electron chi connectivity index (χ4n) is 2.86. The van der Waals surface area contributed by atoms with E-state index in [2.05, 4.69) is 4.98 Å². The summed E-state index contributed by atoms with van der Waals surface area (Å²) >= 11 is 5.89. The van der Waals surface area contributed by atoms with E-state index in [4.69, 9.17) is 22.6 Å². The van der Waals surface area contributed by atoms with Crippen molar-refractivity contribution in [2.75, 3.05) is 18.0 Å². The number of carbonyl (C=O) groups is 1. The summed E-state index contributed by atoms with van der Waals surface area (Å²) in [6.45, 7) is 0.986. The van der Waals surface area contributed by atoms with Crippen molar-refractivity contribution in [1.82, 2.24) is 4.98 Å². The lowest BCUT2D eigenvalue weighted by atomic mass is 9.74. The summed E-state index contributed by atoms with van der Waals surface area (Å²) in [5, 5.41) is 9.59. The summed E-state index contributed by atoms with van der Waals surface area (Å²) < 4.78 is 0. The summed E-state index contributed by atoms with van der Waals surface area (Å²) in [6.07, 6.45) is 0.563. The molecule has 6 heteroatoms. The second-order valence-corrected chi connectivity index (χ2v) is 6.23. The Balaban J connectivity index is 1.77. The number of nitrogens with two attached hydrogens (primary N) is 1. The van der Waals surface area contributed by atoms with Gasteiger partial charge in [-0.05, 0) is 36.2 Å². The topological polar surface area (TPSA) is 83.0 Å². The summed E-state index contributed by atoms with van der Waals surface area (Å²) in [7, 11) is 0. The number of pyridine rings is 1. The van der Waals surface area contributed by atoms with E-state index in [1.807, 2.05) is 29.2 Å². The van der Waals surface area contributed by atoms with Crippen molar-refractivity contribution in [3.63, 3.8) is 0 Å². The number of carbonyl (C=O) groups excluding carboxylic acids is 1. The van der Waals surface area contributed by atoms with E-state index in [-0.39, 0.29) is 5.91 Å². The van der Waals surface area contributed by atoms with Gasteiger partial charge < -0.3 is 10.6 Å². The first-order chi connectivity index (χ1) is 11.0. The molecule has 0 atom stereocenters. The van der Waals surface area contributed by atoms with E-state index in [0.717, 1.165) is 5.56 Å². The monoisotopic (exact) mass is 326 g/mol. The summed E-state index contributed by atoms with van der Waals surface area (Å²) in [5.41, 5.74) is 6.41. The zero-order valence-electron chi connectivity index (χ0n) is 12.4. The molecule has 2 heterocycles. The summed E-state index contributed by atoms with van der Waals surface area (Å²) in [4.78, 5) is 18.2. The third-order valence-electron chi connectivity index (χ3n) is 4.14. The summed E-state index contributed by atoms with van der Waals surface area (Å²) in [6, 6.07) is 14.7. The molecule has 1 amide bonds. The van der Waals surface area contributed by atoms with Crippen LogP contribution in [0.2, 0.25) is 5.02 Å². The van der Waals surface area contributed by atoms with Crippen LogP contribution in [0.4, 0.5) is 5.82 Å². The van der Waals surface area contributed by atoms with Gasteiger partial charge in [-0.3, -0.25) is 4.79 Å². The molecular weight excluding hydrogens is 312 g/mol. The normalized spacial score (nSPS) is 15.6. The number of hydrogen-bond acceptors (Lipinski definition) is 4. The molecule has 0 spiro atoms. The van der Waals surface area contributed by atoms with E-state index >= 15 is 0 Å². The molecule has 0 saturated carbocycles. The highest BCUT2D eigenvalue weighted by molar-refractivity contribution is 6.30.